The normalized spacial score (nSPS) is 14.2. The number of aromatic nitrogens is 1. The number of hydrogen-bond donors (Lipinski definition) is 0. The monoisotopic (exact) mass is 644 g/mol. The minimum atomic E-state index is 0.0585. The Kier molecular flexibility index (Phi) is 7.78. The quantitative estimate of drug-likeness (QED) is 0.168. The predicted molar refractivity (Wildman–Crippen MR) is 211 cm³/mol. The molecule has 1 saturated carbocycles. The highest BCUT2D eigenvalue weighted by molar-refractivity contribution is 6.10. The van der Waals surface area contributed by atoms with Crippen LogP contribution in [0.15, 0.2) is 182 Å². The molecular weight excluding hydrogens is 605 g/mol. The molecule has 0 atom stereocenters. The van der Waals surface area contributed by atoms with E-state index >= 15 is 0 Å². The van der Waals surface area contributed by atoms with Crippen molar-refractivity contribution in [3.8, 4) is 16.8 Å². The fraction of sp³-hybridized carbons (Fsp3) is 0.125. The first kappa shape index (κ1) is 30.2. The maximum absolute atomic E-state index is 2.45. The third-order valence-electron chi connectivity index (χ3n) is 10.9. The molecule has 242 valence electrons. The zero-order valence-electron chi connectivity index (χ0n) is 28.3. The highest BCUT2D eigenvalue weighted by Gasteiger charge is 2.35. The number of hydrogen-bond acceptors (Lipinski definition) is 1. The number of anilines is 3. The molecule has 2 nitrogen and oxygen atoms in total. The van der Waals surface area contributed by atoms with Gasteiger partial charge in [-0.3, -0.25) is 0 Å². The van der Waals surface area contributed by atoms with E-state index in [2.05, 4.69) is 191 Å². The van der Waals surface area contributed by atoms with Crippen LogP contribution in [-0.2, 0) is 5.41 Å². The molecule has 1 heterocycles. The number of para-hydroxylation sites is 3. The van der Waals surface area contributed by atoms with Gasteiger partial charge in [0.05, 0.1) is 16.7 Å². The van der Waals surface area contributed by atoms with Crippen LogP contribution in [0.25, 0.3) is 38.6 Å². The van der Waals surface area contributed by atoms with Gasteiger partial charge in [0.25, 0.3) is 0 Å². The van der Waals surface area contributed by atoms with Crippen LogP contribution in [0.4, 0.5) is 17.1 Å². The molecule has 0 N–H and O–H groups in total. The molecule has 9 rings (SSSR count). The molecule has 7 aromatic carbocycles. The Balaban J connectivity index is 1.24. The van der Waals surface area contributed by atoms with Gasteiger partial charge in [0, 0.05) is 38.8 Å². The van der Waals surface area contributed by atoms with Crippen molar-refractivity contribution in [3.05, 3.63) is 193 Å². The summed E-state index contributed by atoms with van der Waals surface area (Å²) in [4.78, 5) is 2.45. The zero-order valence-corrected chi connectivity index (χ0v) is 28.3. The van der Waals surface area contributed by atoms with Crippen LogP contribution < -0.4 is 4.90 Å². The predicted octanol–water partition coefficient (Wildman–Crippen LogP) is 13.2. The van der Waals surface area contributed by atoms with Crippen LogP contribution in [0.5, 0.6) is 0 Å². The van der Waals surface area contributed by atoms with Gasteiger partial charge in [-0.15, -0.1) is 0 Å². The molecule has 0 aliphatic heterocycles. The Morgan fingerprint density at radius 2 is 1.02 bits per heavy atom. The van der Waals surface area contributed by atoms with Gasteiger partial charge < -0.3 is 9.47 Å². The molecule has 0 radical (unpaired) electrons. The second kappa shape index (κ2) is 12.9. The summed E-state index contributed by atoms with van der Waals surface area (Å²) in [5.74, 6) is 0. The Morgan fingerprint density at radius 1 is 0.440 bits per heavy atom. The average molecular weight is 645 g/mol. The lowest BCUT2D eigenvalue weighted by Gasteiger charge is -2.39. The van der Waals surface area contributed by atoms with E-state index in [1.165, 1.54) is 81.9 Å². The summed E-state index contributed by atoms with van der Waals surface area (Å²) in [6.45, 7) is 0. The van der Waals surface area contributed by atoms with Crippen molar-refractivity contribution in [1.82, 2.24) is 4.57 Å². The molecule has 0 amide bonds. The second-order valence-electron chi connectivity index (χ2n) is 13.7. The van der Waals surface area contributed by atoms with Gasteiger partial charge in [-0.2, -0.15) is 0 Å². The number of nitrogens with zero attached hydrogens (tertiary/aromatic N) is 2. The maximum atomic E-state index is 2.45. The van der Waals surface area contributed by atoms with Gasteiger partial charge in [0.2, 0.25) is 0 Å². The fourth-order valence-corrected chi connectivity index (χ4v) is 8.50. The molecule has 0 bridgehead atoms. The van der Waals surface area contributed by atoms with Crippen molar-refractivity contribution in [1.29, 1.82) is 0 Å². The number of fused-ring (bicyclic) bond motifs is 3. The number of benzene rings is 7. The van der Waals surface area contributed by atoms with E-state index in [0.29, 0.717) is 0 Å². The average Bonchev–Trinajstić information content (AvgIpc) is 3.53. The van der Waals surface area contributed by atoms with E-state index in [0.717, 1.165) is 17.1 Å². The smallest absolute Gasteiger partial charge is 0.0542 e. The molecule has 1 aliphatic rings. The highest BCUT2D eigenvalue weighted by Crippen LogP contribution is 2.47. The summed E-state index contributed by atoms with van der Waals surface area (Å²) in [7, 11) is 0. The summed E-state index contributed by atoms with van der Waals surface area (Å²) in [6.07, 6.45) is 6.24. The zero-order chi connectivity index (χ0) is 33.3. The van der Waals surface area contributed by atoms with Crippen LogP contribution in [0.2, 0.25) is 0 Å². The van der Waals surface area contributed by atoms with Crippen LogP contribution in [0, 0.1) is 0 Å². The molecule has 0 spiro atoms. The van der Waals surface area contributed by atoms with Gasteiger partial charge in [0.1, 0.15) is 0 Å². The summed E-state index contributed by atoms with van der Waals surface area (Å²) < 4.78 is 2.39. The van der Waals surface area contributed by atoms with Crippen LogP contribution in [-0.4, -0.2) is 4.57 Å². The van der Waals surface area contributed by atoms with Gasteiger partial charge in [-0.25, -0.2) is 0 Å². The van der Waals surface area contributed by atoms with Crippen LogP contribution in [0.1, 0.15) is 43.2 Å². The lowest BCUT2D eigenvalue weighted by atomic mass is 9.65. The van der Waals surface area contributed by atoms with E-state index in [4.69, 9.17) is 0 Å². The first-order chi connectivity index (χ1) is 24.8. The fourth-order valence-electron chi connectivity index (χ4n) is 8.50. The Bertz CT molecular complexity index is 2380. The van der Waals surface area contributed by atoms with Crippen molar-refractivity contribution < 1.29 is 0 Å². The molecule has 0 unspecified atom stereocenters. The minimum Gasteiger partial charge on any atom is -0.310 e. The summed E-state index contributed by atoms with van der Waals surface area (Å²) in [5.41, 5.74) is 12.4. The topological polar surface area (TPSA) is 8.17 Å². The van der Waals surface area contributed by atoms with Crippen molar-refractivity contribution >= 4 is 38.9 Å². The van der Waals surface area contributed by atoms with Crippen LogP contribution >= 0.6 is 0 Å². The van der Waals surface area contributed by atoms with Gasteiger partial charge >= 0.3 is 0 Å². The molecule has 2 heteroatoms. The summed E-state index contributed by atoms with van der Waals surface area (Å²) >= 11 is 0. The largest absolute Gasteiger partial charge is 0.310 e. The Hall–Kier alpha value is -5.86. The molecular formula is C48H40N2. The lowest BCUT2D eigenvalue weighted by Crippen LogP contribution is -2.30. The first-order valence-corrected chi connectivity index (χ1v) is 18.0. The van der Waals surface area contributed by atoms with E-state index in [-0.39, 0.29) is 5.41 Å². The molecule has 1 aromatic heterocycles. The SMILES string of the molecule is c1ccc(-c2ccccc2N(c2ccc(C3(c4ccccc4)CCCCC3)cc2)c2ccc3c(c2)c2ccccc2n3-c2ccccc2)cc1. The summed E-state index contributed by atoms with van der Waals surface area (Å²) in [5, 5.41) is 2.49. The molecule has 1 aliphatic carbocycles. The van der Waals surface area contributed by atoms with E-state index < -0.39 is 0 Å². The van der Waals surface area contributed by atoms with Crippen molar-refractivity contribution in [3.63, 3.8) is 0 Å². The summed E-state index contributed by atoms with van der Waals surface area (Å²) in [6, 6.07) is 66.8. The van der Waals surface area contributed by atoms with E-state index in [1.54, 1.807) is 0 Å². The van der Waals surface area contributed by atoms with Crippen molar-refractivity contribution in [2.75, 3.05) is 4.90 Å². The van der Waals surface area contributed by atoms with Crippen molar-refractivity contribution in [2.45, 2.75) is 37.5 Å². The molecule has 50 heavy (non-hydrogen) atoms. The molecule has 0 saturated heterocycles. The third kappa shape index (κ3) is 5.20. The third-order valence-corrected chi connectivity index (χ3v) is 10.9. The lowest BCUT2D eigenvalue weighted by molar-refractivity contribution is 0.346. The molecule has 8 aromatic rings. The Labute approximate surface area is 294 Å². The standard InChI is InChI=1S/C48H40N2/c1-5-17-36(18-6-1)42-23-11-13-25-45(42)49(40-29-27-38(28-30-40)48(33-15-4-16-34-48)37-19-7-2-8-20-37)41-31-32-47-44(35-41)43-24-12-14-26-46(43)50(47)39-21-9-3-10-22-39/h1-3,5-14,17-32,35H,4,15-16,33-34H2. The van der Waals surface area contributed by atoms with Gasteiger partial charge in [0.15, 0.2) is 0 Å². The first-order valence-electron chi connectivity index (χ1n) is 18.0. The highest BCUT2D eigenvalue weighted by atomic mass is 15.1. The Morgan fingerprint density at radius 3 is 1.78 bits per heavy atom. The maximum Gasteiger partial charge on any atom is 0.0542 e. The van der Waals surface area contributed by atoms with E-state index in [9.17, 15) is 0 Å². The van der Waals surface area contributed by atoms with Crippen molar-refractivity contribution in [2.24, 2.45) is 0 Å². The second-order valence-corrected chi connectivity index (χ2v) is 13.7. The van der Waals surface area contributed by atoms with Crippen LogP contribution in [0.3, 0.4) is 0 Å². The number of rotatable bonds is 7. The van der Waals surface area contributed by atoms with Gasteiger partial charge in [-0.1, -0.05) is 147 Å². The van der Waals surface area contributed by atoms with Gasteiger partial charge in [-0.05, 0) is 84.1 Å². The molecule has 1 fully saturated rings. The van der Waals surface area contributed by atoms with E-state index in [1.807, 2.05) is 0 Å². The minimum absolute atomic E-state index is 0.0585.